The van der Waals surface area contributed by atoms with Crippen LogP contribution in [0.3, 0.4) is 0 Å². The summed E-state index contributed by atoms with van der Waals surface area (Å²) in [7, 11) is 0. The smallest absolute Gasteiger partial charge is 0.410 e. The Hall–Kier alpha value is -1.73. The van der Waals surface area contributed by atoms with Gasteiger partial charge in [0.1, 0.15) is 11.8 Å². The maximum atomic E-state index is 12.1. The van der Waals surface area contributed by atoms with Crippen molar-refractivity contribution in [1.29, 1.82) is 0 Å². The molecule has 132 valence electrons. The fraction of sp³-hybridized carbons (Fsp3) is 0.133. The Labute approximate surface area is 162 Å². The van der Waals surface area contributed by atoms with Crippen LogP contribution in [0.25, 0.3) is 0 Å². The molecule has 0 heterocycles. The molecule has 0 aliphatic rings. The molecule has 2 aromatic carbocycles. The number of benzene rings is 2. The van der Waals surface area contributed by atoms with Crippen molar-refractivity contribution in [3.63, 3.8) is 0 Å². The Balaban J connectivity index is 2.20. The maximum Gasteiger partial charge on any atom is 0.413 e. The van der Waals surface area contributed by atoms with Crippen molar-refractivity contribution in [2.75, 3.05) is 0 Å². The van der Waals surface area contributed by atoms with Gasteiger partial charge in [0.2, 0.25) is 3.79 Å². The number of nitrogens with zero attached hydrogens (tertiary/aromatic N) is 1. The fourth-order valence-corrected chi connectivity index (χ4v) is 2.72. The number of carbonyl (C=O) groups excluding carboxylic acids is 1. The number of ether oxygens (including phenoxy) is 1. The average Bonchev–Trinajstić information content (AvgIpc) is 2.52. The lowest BCUT2D eigenvalue weighted by molar-refractivity contribution is -0.384. The number of rotatable bonds is 4. The number of nitro groups is 1. The topological polar surface area (TPSA) is 81.5 Å². The molecule has 0 unspecified atom stereocenters. The number of hydrogen-bond donors (Lipinski definition) is 1. The lowest BCUT2D eigenvalue weighted by Crippen LogP contribution is -2.38. The van der Waals surface area contributed by atoms with E-state index >= 15 is 0 Å². The third kappa shape index (κ3) is 5.37. The van der Waals surface area contributed by atoms with Gasteiger partial charge >= 0.3 is 6.09 Å². The van der Waals surface area contributed by atoms with Gasteiger partial charge in [-0.1, -0.05) is 70.7 Å². The summed E-state index contributed by atoms with van der Waals surface area (Å²) in [5, 5.41) is 13.4. The monoisotopic (exact) mass is 422 g/mol. The minimum absolute atomic E-state index is 0.0334. The second-order valence-corrected chi connectivity index (χ2v) is 7.56. The molecule has 0 aliphatic heterocycles. The normalized spacial score (nSPS) is 12.3. The highest BCUT2D eigenvalue weighted by molar-refractivity contribution is 6.68. The lowest BCUT2D eigenvalue weighted by Gasteiger charge is -2.26. The van der Waals surface area contributed by atoms with Crippen LogP contribution >= 0.6 is 46.4 Å². The number of nitrogens with one attached hydrogen (secondary N) is 1. The van der Waals surface area contributed by atoms with Gasteiger partial charge in [0.05, 0.1) is 11.0 Å². The number of amides is 1. The highest BCUT2D eigenvalue weighted by Crippen LogP contribution is 2.42. The molecule has 10 heteroatoms. The zero-order valence-electron chi connectivity index (χ0n) is 12.3. The van der Waals surface area contributed by atoms with Crippen molar-refractivity contribution >= 4 is 58.2 Å². The van der Waals surface area contributed by atoms with E-state index in [1.807, 2.05) is 0 Å². The fourth-order valence-electron chi connectivity index (χ4n) is 1.96. The first-order chi connectivity index (χ1) is 11.7. The Bertz CT molecular complexity index is 795. The van der Waals surface area contributed by atoms with Crippen LogP contribution in [0, 0.1) is 10.1 Å². The van der Waals surface area contributed by atoms with Gasteiger partial charge in [-0.25, -0.2) is 4.79 Å². The first-order valence-electron chi connectivity index (χ1n) is 6.72. The van der Waals surface area contributed by atoms with E-state index in [0.29, 0.717) is 5.56 Å². The van der Waals surface area contributed by atoms with Crippen LogP contribution in [-0.4, -0.2) is 14.8 Å². The first-order valence-corrected chi connectivity index (χ1v) is 8.23. The Kier molecular flexibility index (Phi) is 6.35. The molecule has 0 fully saturated rings. The van der Waals surface area contributed by atoms with Gasteiger partial charge in [-0.15, -0.1) is 0 Å². The molecule has 1 N–H and O–H groups in total. The maximum absolute atomic E-state index is 12.1. The molecule has 1 amide bonds. The highest BCUT2D eigenvalue weighted by Gasteiger charge is 2.37. The van der Waals surface area contributed by atoms with Crippen LogP contribution in [0.2, 0.25) is 5.02 Å². The summed E-state index contributed by atoms with van der Waals surface area (Å²) in [6.07, 6.45) is -0.961. The van der Waals surface area contributed by atoms with Gasteiger partial charge < -0.3 is 10.1 Å². The predicted octanol–water partition coefficient (Wildman–Crippen LogP) is 5.45. The van der Waals surface area contributed by atoms with Crippen LogP contribution < -0.4 is 10.1 Å². The Morgan fingerprint density at radius 1 is 1.16 bits per heavy atom. The van der Waals surface area contributed by atoms with Gasteiger partial charge in [0.15, 0.2) is 0 Å². The molecule has 6 nitrogen and oxygen atoms in total. The van der Waals surface area contributed by atoms with E-state index in [0.717, 1.165) is 6.07 Å². The van der Waals surface area contributed by atoms with E-state index in [4.69, 9.17) is 51.1 Å². The molecule has 0 aliphatic carbocycles. The summed E-state index contributed by atoms with van der Waals surface area (Å²) in [6, 6.07) is 10.5. The molecule has 1 atom stereocenters. The highest BCUT2D eigenvalue weighted by atomic mass is 35.6. The summed E-state index contributed by atoms with van der Waals surface area (Å²) in [4.78, 5) is 22.3. The standard InChI is InChI=1S/C15H10Cl4N2O4/c16-12-7-2-1-6-11(12)13(15(17,18)19)20-14(22)25-10-5-3-4-9(8-10)21(23)24/h1-8,13H,(H,20,22)/t13-/m1/s1. The van der Waals surface area contributed by atoms with E-state index < -0.39 is 20.9 Å². The zero-order valence-corrected chi connectivity index (χ0v) is 15.3. The third-order valence-electron chi connectivity index (χ3n) is 3.04. The van der Waals surface area contributed by atoms with Gasteiger partial charge in [-0.2, -0.15) is 0 Å². The van der Waals surface area contributed by atoms with E-state index in [1.54, 1.807) is 24.3 Å². The van der Waals surface area contributed by atoms with Crippen molar-refractivity contribution in [2.24, 2.45) is 0 Å². The number of carbonyl (C=O) groups is 1. The number of hydrogen-bond acceptors (Lipinski definition) is 4. The van der Waals surface area contributed by atoms with E-state index in [2.05, 4.69) is 5.32 Å². The number of halogens is 4. The Morgan fingerprint density at radius 3 is 2.44 bits per heavy atom. The Morgan fingerprint density at radius 2 is 1.84 bits per heavy atom. The SMILES string of the molecule is O=C(N[C@H](c1ccccc1Cl)C(Cl)(Cl)Cl)Oc1cccc([N+](=O)[O-])c1. The molecule has 0 spiro atoms. The van der Waals surface area contributed by atoms with Crippen LogP contribution in [0.15, 0.2) is 48.5 Å². The number of nitro benzene ring substituents is 1. The van der Waals surface area contributed by atoms with Crippen LogP contribution in [0.1, 0.15) is 11.6 Å². The second-order valence-electron chi connectivity index (χ2n) is 4.78. The molecule has 0 bridgehead atoms. The third-order valence-corrected chi connectivity index (χ3v) is 4.04. The van der Waals surface area contributed by atoms with Crippen molar-refractivity contribution in [2.45, 2.75) is 9.83 Å². The molecular formula is C15H10Cl4N2O4. The van der Waals surface area contributed by atoms with Crippen molar-refractivity contribution < 1.29 is 14.5 Å². The quantitative estimate of drug-likeness (QED) is 0.402. The molecule has 0 radical (unpaired) electrons. The predicted molar refractivity (Wildman–Crippen MR) is 96.7 cm³/mol. The minimum Gasteiger partial charge on any atom is -0.410 e. The van der Waals surface area contributed by atoms with Crippen molar-refractivity contribution in [1.82, 2.24) is 5.32 Å². The molecular weight excluding hydrogens is 414 g/mol. The van der Waals surface area contributed by atoms with E-state index in [-0.39, 0.29) is 16.5 Å². The summed E-state index contributed by atoms with van der Waals surface area (Å²) < 4.78 is 3.11. The van der Waals surface area contributed by atoms with Gasteiger partial charge in [0, 0.05) is 11.1 Å². The number of non-ortho nitro benzene ring substituents is 1. The van der Waals surface area contributed by atoms with Gasteiger partial charge in [-0.3, -0.25) is 10.1 Å². The summed E-state index contributed by atoms with van der Waals surface area (Å²) in [5.41, 5.74) is 0.148. The average molecular weight is 424 g/mol. The molecule has 0 aromatic heterocycles. The molecule has 0 saturated carbocycles. The van der Waals surface area contributed by atoms with Crippen LogP contribution in [0.4, 0.5) is 10.5 Å². The van der Waals surface area contributed by atoms with Gasteiger partial charge in [-0.05, 0) is 17.7 Å². The molecule has 25 heavy (non-hydrogen) atoms. The van der Waals surface area contributed by atoms with Crippen LogP contribution in [0.5, 0.6) is 5.75 Å². The summed E-state index contributed by atoms with van der Waals surface area (Å²) in [5.74, 6) is -0.0334. The lowest BCUT2D eigenvalue weighted by atomic mass is 10.1. The zero-order chi connectivity index (χ0) is 18.6. The minimum atomic E-state index is -1.91. The first kappa shape index (κ1) is 19.6. The van der Waals surface area contributed by atoms with E-state index in [9.17, 15) is 14.9 Å². The summed E-state index contributed by atoms with van der Waals surface area (Å²) >= 11 is 23.9. The largest absolute Gasteiger partial charge is 0.413 e. The van der Waals surface area contributed by atoms with Crippen molar-refractivity contribution in [3.05, 3.63) is 69.2 Å². The second kappa shape index (κ2) is 8.10. The summed E-state index contributed by atoms with van der Waals surface area (Å²) in [6.45, 7) is 0. The molecule has 2 aromatic rings. The van der Waals surface area contributed by atoms with E-state index in [1.165, 1.54) is 18.2 Å². The number of alkyl halides is 3. The van der Waals surface area contributed by atoms with Crippen molar-refractivity contribution in [3.8, 4) is 5.75 Å². The van der Waals surface area contributed by atoms with Crippen LogP contribution in [-0.2, 0) is 0 Å². The molecule has 0 saturated heterocycles. The van der Waals surface area contributed by atoms with Gasteiger partial charge in [0.25, 0.3) is 5.69 Å². The molecule has 2 rings (SSSR count).